The smallest absolute Gasteiger partial charge is 0.417 e. The number of carbonyl (C=O) groups excluding carboxylic acids is 1. The van der Waals surface area contributed by atoms with Gasteiger partial charge in [0.1, 0.15) is 6.23 Å². The molecule has 1 aromatic rings. The second-order valence-electron chi connectivity index (χ2n) is 9.35. The predicted molar refractivity (Wildman–Crippen MR) is 107 cm³/mol. The first-order valence-electron chi connectivity index (χ1n) is 10.8. The molecule has 0 aromatic heterocycles. The molecule has 5 rings (SSSR count). The average molecular weight is 481 g/mol. The molecular weight excluding hydrogens is 459 g/mol. The molecule has 12 heteroatoms. The van der Waals surface area contributed by atoms with Crippen molar-refractivity contribution in [3.8, 4) is 6.07 Å². The standard InChI is InChI=1S/C22H22F3N3O6/c1-20-9-14(27(5-6-29)19(31)32)21(34-20)4-7-33-18-16(21)15(20)17(30)28(18)12-3-2-11(10-26)13(8-12)22(23,24)25/h2-3,8,14-16,18,29H,4-7,9H2,1H3,(H,31,32)/t14-,15+,16-,18-,20+,21-/m0/s1. The highest BCUT2D eigenvalue weighted by molar-refractivity contribution is 6.00. The molecule has 0 unspecified atom stereocenters. The summed E-state index contributed by atoms with van der Waals surface area (Å²) in [5.41, 5.74) is -3.86. The van der Waals surface area contributed by atoms with Crippen LogP contribution in [0.4, 0.5) is 23.7 Å². The molecule has 9 nitrogen and oxygen atoms in total. The van der Waals surface area contributed by atoms with Crippen molar-refractivity contribution in [2.24, 2.45) is 11.8 Å². The monoisotopic (exact) mass is 481 g/mol. The zero-order valence-electron chi connectivity index (χ0n) is 18.1. The van der Waals surface area contributed by atoms with E-state index in [2.05, 4.69) is 0 Å². The zero-order chi connectivity index (χ0) is 24.6. The summed E-state index contributed by atoms with van der Waals surface area (Å²) in [7, 11) is 0. The number of halogens is 3. The first-order chi connectivity index (χ1) is 16.0. The molecular formula is C22H22F3N3O6. The number of nitrogens with zero attached hydrogens (tertiary/aromatic N) is 3. The first-order valence-corrected chi connectivity index (χ1v) is 10.8. The van der Waals surface area contributed by atoms with Gasteiger partial charge in [-0.25, -0.2) is 4.79 Å². The third-order valence-corrected chi connectivity index (χ3v) is 7.68. The number of benzene rings is 1. The van der Waals surface area contributed by atoms with Gasteiger partial charge in [-0.05, 0) is 25.1 Å². The van der Waals surface area contributed by atoms with Crippen LogP contribution < -0.4 is 4.90 Å². The minimum absolute atomic E-state index is 0.0437. The molecule has 4 aliphatic rings. The van der Waals surface area contributed by atoms with Crippen molar-refractivity contribution >= 4 is 17.7 Å². The number of rotatable bonds is 4. The Kier molecular flexibility index (Phi) is 4.92. The summed E-state index contributed by atoms with van der Waals surface area (Å²) in [4.78, 5) is 27.9. The lowest BCUT2D eigenvalue weighted by molar-refractivity contribution is -0.152. The number of aliphatic hydroxyl groups excluding tert-OH is 1. The van der Waals surface area contributed by atoms with Gasteiger partial charge in [0.15, 0.2) is 0 Å². The number of amides is 2. The summed E-state index contributed by atoms with van der Waals surface area (Å²) in [6.07, 6.45) is -6.44. The fourth-order valence-corrected chi connectivity index (χ4v) is 6.56. The maximum atomic E-state index is 13.6. The minimum atomic E-state index is -4.79. The molecule has 1 aromatic carbocycles. The van der Waals surface area contributed by atoms with E-state index in [0.29, 0.717) is 6.42 Å². The molecule has 2 amide bonds. The SMILES string of the molecule is C[C@@]12C[C@H](N(CCO)C(=O)O)[C@]3(CCO[C@H]4[C@@H]3[C@@H]1C(=O)N4c1ccc(C#N)c(C(F)(F)F)c1)O2. The lowest BCUT2D eigenvalue weighted by Crippen LogP contribution is -2.62. The van der Waals surface area contributed by atoms with E-state index in [4.69, 9.17) is 14.7 Å². The second kappa shape index (κ2) is 7.31. The molecule has 34 heavy (non-hydrogen) atoms. The van der Waals surface area contributed by atoms with Gasteiger partial charge in [-0.3, -0.25) is 9.69 Å². The van der Waals surface area contributed by atoms with Gasteiger partial charge in [0.05, 0.1) is 59.5 Å². The maximum Gasteiger partial charge on any atom is 0.417 e. The third-order valence-electron chi connectivity index (χ3n) is 7.68. The lowest BCUT2D eigenvalue weighted by atomic mass is 9.63. The summed E-state index contributed by atoms with van der Waals surface area (Å²) in [5.74, 6) is -1.80. The van der Waals surface area contributed by atoms with Crippen LogP contribution >= 0.6 is 0 Å². The zero-order valence-corrected chi connectivity index (χ0v) is 18.1. The van der Waals surface area contributed by atoms with Crippen LogP contribution in [0.5, 0.6) is 0 Å². The van der Waals surface area contributed by atoms with E-state index in [0.717, 1.165) is 17.0 Å². The van der Waals surface area contributed by atoms with Crippen molar-refractivity contribution < 1.29 is 42.4 Å². The number of carboxylic acid groups (broad SMARTS) is 1. The molecule has 4 saturated heterocycles. The number of alkyl halides is 3. The van der Waals surface area contributed by atoms with Crippen LogP contribution in [0.25, 0.3) is 0 Å². The summed E-state index contributed by atoms with van der Waals surface area (Å²) in [6.45, 7) is 1.31. The van der Waals surface area contributed by atoms with Crippen LogP contribution in [-0.2, 0) is 20.4 Å². The van der Waals surface area contributed by atoms with Crippen LogP contribution in [0, 0.1) is 23.2 Å². The van der Waals surface area contributed by atoms with E-state index in [9.17, 15) is 33.0 Å². The van der Waals surface area contributed by atoms with E-state index in [1.165, 1.54) is 17.0 Å². The fraction of sp³-hybridized carbons (Fsp3) is 0.591. The van der Waals surface area contributed by atoms with Crippen LogP contribution in [0.15, 0.2) is 18.2 Å². The normalized spacial score (nSPS) is 35.9. The van der Waals surface area contributed by atoms with Crippen molar-refractivity contribution in [3.05, 3.63) is 29.3 Å². The Morgan fingerprint density at radius 1 is 1.41 bits per heavy atom. The highest BCUT2D eigenvalue weighted by Gasteiger charge is 2.79. The van der Waals surface area contributed by atoms with Crippen molar-refractivity contribution in [1.82, 2.24) is 4.90 Å². The van der Waals surface area contributed by atoms with Crippen LogP contribution in [0.3, 0.4) is 0 Å². The van der Waals surface area contributed by atoms with Crippen molar-refractivity contribution in [2.75, 3.05) is 24.7 Å². The number of hydrogen-bond donors (Lipinski definition) is 2. The molecule has 182 valence electrons. The highest BCUT2D eigenvalue weighted by Crippen LogP contribution is 2.66. The highest BCUT2D eigenvalue weighted by atomic mass is 19.4. The van der Waals surface area contributed by atoms with Crippen LogP contribution in [0.2, 0.25) is 0 Å². The van der Waals surface area contributed by atoms with E-state index >= 15 is 0 Å². The van der Waals surface area contributed by atoms with Gasteiger partial charge in [-0.15, -0.1) is 0 Å². The van der Waals surface area contributed by atoms with Crippen LogP contribution in [0.1, 0.15) is 30.9 Å². The Morgan fingerprint density at radius 2 is 2.15 bits per heavy atom. The molecule has 0 radical (unpaired) electrons. The molecule has 0 aliphatic carbocycles. The van der Waals surface area contributed by atoms with Crippen molar-refractivity contribution in [2.45, 2.75) is 49.4 Å². The Labute approximate surface area is 192 Å². The largest absolute Gasteiger partial charge is 0.465 e. The molecule has 1 spiro atoms. The first kappa shape index (κ1) is 22.9. The fourth-order valence-electron chi connectivity index (χ4n) is 6.56. The molecule has 0 saturated carbocycles. The molecule has 4 aliphatic heterocycles. The van der Waals surface area contributed by atoms with E-state index in [1.54, 1.807) is 6.92 Å². The number of aliphatic hydroxyl groups is 1. The molecule has 2 bridgehead atoms. The summed E-state index contributed by atoms with van der Waals surface area (Å²) in [5, 5.41) is 28.3. The van der Waals surface area contributed by atoms with Gasteiger partial charge in [0, 0.05) is 25.1 Å². The summed E-state index contributed by atoms with van der Waals surface area (Å²) >= 11 is 0. The van der Waals surface area contributed by atoms with Gasteiger partial charge in [0.25, 0.3) is 0 Å². The van der Waals surface area contributed by atoms with Gasteiger partial charge in [-0.1, -0.05) is 0 Å². The van der Waals surface area contributed by atoms with Gasteiger partial charge < -0.3 is 24.6 Å². The lowest BCUT2D eigenvalue weighted by Gasteiger charge is -2.48. The molecule has 4 fully saturated rings. The number of fused-ring (bicyclic) bond motifs is 2. The second-order valence-corrected chi connectivity index (χ2v) is 9.35. The number of hydrogen-bond acceptors (Lipinski definition) is 6. The number of carbonyl (C=O) groups is 2. The summed E-state index contributed by atoms with van der Waals surface area (Å²) < 4.78 is 53.0. The Bertz CT molecular complexity index is 1110. The summed E-state index contributed by atoms with van der Waals surface area (Å²) in [6, 6.07) is 3.98. The van der Waals surface area contributed by atoms with E-state index in [1.807, 2.05) is 0 Å². The van der Waals surface area contributed by atoms with Crippen molar-refractivity contribution in [1.29, 1.82) is 5.26 Å². The third kappa shape index (κ3) is 2.90. The van der Waals surface area contributed by atoms with Crippen molar-refractivity contribution in [3.63, 3.8) is 0 Å². The number of ether oxygens (including phenoxy) is 2. The molecule has 2 N–H and O–H groups in total. The van der Waals surface area contributed by atoms with E-state index < -0.39 is 64.6 Å². The predicted octanol–water partition coefficient (Wildman–Crippen LogP) is 2.17. The average Bonchev–Trinajstić information content (AvgIpc) is 3.34. The molecule has 4 heterocycles. The van der Waals surface area contributed by atoms with Gasteiger partial charge in [0.2, 0.25) is 5.91 Å². The quantitative estimate of drug-likeness (QED) is 0.676. The Hall–Kier alpha value is -2.88. The maximum absolute atomic E-state index is 13.6. The van der Waals surface area contributed by atoms with Crippen LogP contribution in [-0.4, -0.2) is 70.3 Å². The minimum Gasteiger partial charge on any atom is -0.465 e. The Balaban J connectivity index is 1.59. The Morgan fingerprint density at radius 3 is 2.76 bits per heavy atom. The van der Waals surface area contributed by atoms with E-state index in [-0.39, 0.29) is 31.9 Å². The van der Waals surface area contributed by atoms with Gasteiger partial charge >= 0.3 is 12.3 Å². The molecule has 6 atom stereocenters. The number of nitriles is 1. The van der Waals surface area contributed by atoms with Gasteiger partial charge in [-0.2, -0.15) is 18.4 Å². The topological polar surface area (TPSA) is 123 Å². The number of anilines is 1.